The van der Waals surface area contributed by atoms with Gasteiger partial charge in [0.2, 0.25) is 0 Å². The third kappa shape index (κ3) is 5.09. The Labute approximate surface area is 211 Å². The molecule has 5 rings (SSSR count). The predicted octanol–water partition coefficient (Wildman–Crippen LogP) is 5.97. The second-order valence-corrected chi connectivity index (χ2v) is 9.74. The highest BCUT2D eigenvalue weighted by Gasteiger charge is 2.43. The van der Waals surface area contributed by atoms with Gasteiger partial charge in [0.05, 0.1) is 18.1 Å². The number of pyridine rings is 1. The van der Waals surface area contributed by atoms with Gasteiger partial charge in [0, 0.05) is 17.4 Å². The van der Waals surface area contributed by atoms with Crippen molar-refractivity contribution in [1.29, 1.82) is 0 Å². The Balaban J connectivity index is 1.41. The third-order valence-corrected chi connectivity index (χ3v) is 7.08. The summed E-state index contributed by atoms with van der Waals surface area (Å²) in [5, 5.41) is 12.5. The first-order chi connectivity index (χ1) is 17.5. The van der Waals surface area contributed by atoms with Crippen molar-refractivity contribution < 1.29 is 32.6 Å². The Kier molecular flexibility index (Phi) is 6.27. The quantitative estimate of drug-likeness (QED) is 0.454. The standard InChI is InChI=1S/C28H25F3N2O4/c1-16-2-4-19(33-26(36)18-8-11-32-25(13-18)28(29,30)31)14-22(16)17-3-5-21-23(35)15-27(37-24(21)12-17)9-6-20(34)7-10-27/h2-5,8,11-14,20,34H,6-7,9-10,15H2,1H3,(H,33,36)/t20-,27+. The lowest BCUT2D eigenvalue weighted by atomic mass is 9.77. The zero-order valence-corrected chi connectivity index (χ0v) is 20.1. The summed E-state index contributed by atoms with van der Waals surface area (Å²) in [6.07, 6.45) is -1.39. The summed E-state index contributed by atoms with van der Waals surface area (Å²) in [6.45, 7) is 1.90. The second-order valence-electron chi connectivity index (χ2n) is 9.74. The molecular weight excluding hydrogens is 485 g/mol. The second kappa shape index (κ2) is 9.30. The molecule has 1 aromatic heterocycles. The number of hydrogen-bond donors (Lipinski definition) is 2. The highest BCUT2D eigenvalue weighted by molar-refractivity contribution is 6.05. The van der Waals surface area contributed by atoms with Gasteiger partial charge in [0.1, 0.15) is 17.0 Å². The van der Waals surface area contributed by atoms with Gasteiger partial charge in [0.15, 0.2) is 5.78 Å². The number of nitrogens with one attached hydrogen (secondary N) is 1. The molecule has 192 valence electrons. The van der Waals surface area contributed by atoms with Crippen LogP contribution in [0.15, 0.2) is 54.7 Å². The first-order valence-corrected chi connectivity index (χ1v) is 12.0. The Bertz CT molecular complexity index is 1380. The van der Waals surface area contributed by atoms with E-state index in [1.807, 2.05) is 19.1 Å². The molecule has 1 amide bonds. The van der Waals surface area contributed by atoms with Crippen LogP contribution in [-0.4, -0.2) is 33.5 Å². The molecular formula is C28H25F3N2O4. The van der Waals surface area contributed by atoms with E-state index in [-0.39, 0.29) is 23.9 Å². The number of Topliss-reactive ketones (excluding diaryl/α,β-unsaturated/α-hetero) is 1. The molecule has 1 aliphatic heterocycles. The van der Waals surface area contributed by atoms with Crippen molar-refractivity contribution >= 4 is 17.4 Å². The van der Waals surface area contributed by atoms with Crippen molar-refractivity contribution in [1.82, 2.24) is 4.98 Å². The number of benzene rings is 2. The van der Waals surface area contributed by atoms with Crippen molar-refractivity contribution in [2.45, 2.75) is 56.9 Å². The maximum atomic E-state index is 13.0. The van der Waals surface area contributed by atoms with Crippen LogP contribution in [0.25, 0.3) is 11.1 Å². The number of aliphatic hydroxyl groups excluding tert-OH is 1. The summed E-state index contributed by atoms with van der Waals surface area (Å²) in [5.74, 6) is -0.184. The van der Waals surface area contributed by atoms with Crippen LogP contribution in [0.2, 0.25) is 0 Å². The number of ether oxygens (including phenoxy) is 1. The number of carbonyl (C=O) groups is 2. The number of carbonyl (C=O) groups excluding carboxylic acids is 2. The van der Waals surface area contributed by atoms with Crippen molar-refractivity contribution in [2.75, 3.05) is 5.32 Å². The normalized spacial score (nSPS) is 21.3. The lowest BCUT2D eigenvalue weighted by molar-refractivity contribution is -0.141. The molecule has 1 fully saturated rings. The average Bonchev–Trinajstić information content (AvgIpc) is 2.86. The number of halogens is 3. The minimum atomic E-state index is -4.65. The molecule has 37 heavy (non-hydrogen) atoms. The molecule has 0 saturated heterocycles. The summed E-state index contributed by atoms with van der Waals surface area (Å²) >= 11 is 0. The topological polar surface area (TPSA) is 88.5 Å². The number of anilines is 1. The molecule has 0 bridgehead atoms. The zero-order chi connectivity index (χ0) is 26.4. The Hall–Kier alpha value is -3.72. The van der Waals surface area contributed by atoms with Crippen molar-refractivity contribution in [3.63, 3.8) is 0 Å². The number of nitrogens with zero attached hydrogens (tertiary/aromatic N) is 1. The van der Waals surface area contributed by atoms with Gasteiger partial charge in [-0.3, -0.25) is 14.6 Å². The smallest absolute Gasteiger partial charge is 0.433 e. The molecule has 0 unspecified atom stereocenters. The van der Waals surface area contributed by atoms with E-state index >= 15 is 0 Å². The van der Waals surface area contributed by atoms with Gasteiger partial charge in [-0.25, -0.2) is 0 Å². The zero-order valence-electron chi connectivity index (χ0n) is 20.1. The molecule has 1 spiro atoms. The molecule has 0 radical (unpaired) electrons. The van der Waals surface area contributed by atoms with E-state index in [1.165, 1.54) is 6.07 Å². The van der Waals surface area contributed by atoms with E-state index in [2.05, 4.69) is 10.3 Å². The number of aryl methyl sites for hydroxylation is 1. The number of hydrogen-bond acceptors (Lipinski definition) is 5. The molecule has 1 aliphatic carbocycles. The van der Waals surface area contributed by atoms with E-state index in [1.54, 1.807) is 24.3 Å². The highest BCUT2D eigenvalue weighted by atomic mass is 19.4. The van der Waals surface area contributed by atoms with Crippen LogP contribution in [0.3, 0.4) is 0 Å². The van der Waals surface area contributed by atoms with Crippen molar-refractivity contribution in [2.24, 2.45) is 0 Å². The largest absolute Gasteiger partial charge is 0.486 e. The van der Waals surface area contributed by atoms with E-state index < -0.39 is 23.4 Å². The molecule has 2 aliphatic rings. The maximum absolute atomic E-state index is 13.0. The molecule has 6 nitrogen and oxygen atoms in total. The van der Waals surface area contributed by atoms with E-state index in [0.717, 1.165) is 22.9 Å². The number of aromatic nitrogens is 1. The fourth-order valence-electron chi connectivity index (χ4n) is 5.01. The van der Waals surface area contributed by atoms with Crippen LogP contribution in [0.1, 0.15) is 64.1 Å². The molecule has 2 heterocycles. The number of fused-ring (bicyclic) bond motifs is 1. The Morgan fingerprint density at radius 1 is 1.08 bits per heavy atom. The fraction of sp³-hybridized carbons (Fsp3) is 0.321. The summed E-state index contributed by atoms with van der Waals surface area (Å²) in [5.41, 5.74) is 1.47. The van der Waals surface area contributed by atoms with E-state index in [9.17, 15) is 27.9 Å². The third-order valence-electron chi connectivity index (χ3n) is 7.08. The van der Waals surface area contributed by atoms with Crippen molar-refractivity contribution in [3.05, 3.63) is 77.1 Å². The van der Waals surface area contributed by atoms with E-state index in [4.69, 9.17) is 4.74 Å². The summed E-state index contributed by atoms with van der Waals surface area (Å²) in [4.78, 5) is 28.8. The van der Waals surface area contributed by atoms with Crippen LogP contribution in [-0.2, 0) is 6.18 Å². The van der Waals surface area contributed by atoms with Crippen LogP contribution in [0, 0.1) is 6.92 Å². The van der Waals surface area contributed by atoms with Crippen molar-refractivity contribution in [3.8, 4) is 16.9 Å². The summed E-state index contributed by atoms with van der Waals surface area (Å²) in [7, 11) is 0. The van der Waals surface area contributed by atoms with Gasteiger partial charge >= 0.3 is 6.18 Å². The lowest BCUT2D eigenvalue weighted by Crippen LogP contribution is -2.45. The van der Waals surface area contributed by atoms with Gasteiger partial charge in [-0.1, -0.05) is 12.1 Å². The van der Waals surface area contributed by atoms with Gasteiger partial charge in [-0.05, 0) is 85.7 Å². The van der Waals surface area contributed by atoms with Crippen LogP contribution < -0.4 is 10.1 Å². The number of amides is 1. The first kappa shape index (κ1) is 25.0. The van der Waals surface area contributed by atoms with E-state index in [0.29, 0.717) is 48.8 Å². The van der Waals surface area contributed by atoms with Crippen LogP contribution >= 0.6 is 0 Å². The maximum Gasteiger partial charge on any atom is 0.433 e. The molecule has 2 N–H and O–H groups in total. The Morgan fingerprint density at radius 2 is 1.84 bits per heavy atom. The van der Waals surface area contributed by atoms with Crippen LogP contribution in [0.5, 0.6) is 5.75 Å². The molecule has 0 atom stereocenters. The number of rotatable bonds is 3. The minimum Gasteiger partial charge on any atom is -0.486 e. The highest BCUT2D eigenvalue weighted by Crippen LogP contribution is 2.43. The van der Waals surface area contributed by atoms with Gasteiger partial charge in [-0.2, -0.15) is 13.2 Å². The first-order valence-electron chi connectivity index (χ1n) is 12.0. The van der Waals surface area contributed by atoms with Gasteiger partial charge < -0.3 is 15.2 Å². The van der Waals surface area contributed by atoms with Gasteiger partial charge in [0.25, 0.3) is 5.91 Å². The number of ketones is 1. The lowest BCUT2D eigenvalue weighted by Gasteiger charge is -2.42. The number of alkyl halides is 3. The molecule has 2 aromatic carbocycles. The summed E-state index contributed by atoms with van der Waals surface area (Å²) < 4.78 is 45.3. The Morgan fingerprint density at radius 3 is 2.57 bits per heavy atom. The molecule has 3 aromatic rings. The SMILES string of the molecule is Cc1ccc(NC(=O)c2ccnc(C(F)(F)F)c2)cc1-c1ccc2c(c1)O[C@]1(CC[C@@H](O)CC1)CC2=O. The van der Waals surface area contributed by atoms with Gasteiger partial charge in [-0.15, -0.1) is 0 Å². The van der Waals surface area contributed by atoms with Crippen LogP contribution in [0.4, 0.5) is 18.9 Å². The minimum absolute atomic E-state index is 0.0116. The molecule has 1 saturated carbocycles. The fourth-order valence-corrected chi connectivity index (χ4v) is 5.01. The average molecular weight is 511 g/mol. The molecule has 9 heteroatoms. The summed E-state index contributed by atoms with van der Waals surface area (Å²) in [6, 6.07) is 12.5. The predicted molar refractivity (Wildman–Crippen MR) is 131 cm³/mol. The number of aliphatic hydroxyl groups is 1. The monoisotopic (exact) mass is 510 g/mol.